The van der Waals surface area contributed by atoms with Crippen molar-refractivity contribution >= 4 is 11.9 Å². The average molecular weight is 297 g/mol. The predicted octanol–water partition coefficient (Wildman–Crippen LogP) is 2.11. The van der Waals surface area contributed by atoms with Crippen LogP contribution in [0.2, 0.25) is 0 Å². The van der Waals surface area contributed by atoms with E-state index in [2.05, 4.69) is 0 Å². The fourth-order valence-electron chi connectivity index (χ4n) is 3.87. The number of hydrogen-bond acceptors (Lipinski definition) is 3. The summed E-state index contributed by atoms with van der Waals surface area (Å²) in [7, 11) is 0. The number of carbonyl (C=O) groups is 2. The van der Waals surface area contributed by atoms with Crippen LogP contribution in [0.4, 0.5) is 8.78 Å². The lowest BCUT2D eigenvalue weighted by Gasteiger charge is -2.18. The van der Waals surface area contributed by atoms with Crippen molar-refractivity contribution in [1.29, 1.82) is 0 Å². The topological polar surface area (TPSA) is 70.8 Å². The molecule has 21 heavy (non-hydrogen) atoms. The molecule has 0 bridgehead atoms. The summed E-state index contributed by atoms with van der Waals surface area (Å²) >= 11 is 0. The Kier molecular flexibility index (Phi) is 2.34. The number of halogens is 2. The second-order valence-corrected chi connectivity index (χ2v) is 6.07. The number of aromatic carboxylic acids is 1. The molecule has 0 aromatic carbocycles. The molecule has 3 aliphatic rings. The van der Waals surface area contributed by atoms with Crippen molar-refractivity contribution in [2.24, 2.45) is 17.8 Å². The second kappa shape index (κ2) is 3.84. The first-order valence-electron chi connectivity index (χ1n) is 6.89. The van der Waals surface area contributed by atoms with E-state index in [-0.39, 0.29) is 36.9 Å². The average Bonchev–Trinajstić information content (AvgIpc) is 2.66. The van der Waals surface area contributed by atoms with Crippen molar-refractivity contribution in [3.05, 3.63) is 23.2 Å². The van der Waals surface area contributed by atoms with E-state index in [1.807, 2.05) is 0 Å². The monoisotopic (exact) mass is 297 g/mol. The van der Waals surface area contributed by atoms with Gasteiger partial charge in [-0.3, -0.25) is 4.79 Å². The van der Waals surface area contributed by atoms with Crippen LogP contribution in [0.15, 0.2) is 10.7 Å². The van der Waals surface area contributed by atoms with Crippen molar-refractivity contribution in [3.63, 3.8) is 0 Å². The molecule has 7 heteroatoms. The first kappa shape index (κ1) is 12.8. The van der Waals surface area contributed by atoms with Crippen LogP contribution in [0.5, 0.6) is 0 Å². The molecule has 2 heterocycles. The molecule has 0 radical (unpaired) electrons. The summed E-state index contributed by atoms with van der Waals surface area (Å²) in [5.41, 5.74) is 0.523. The van der Waals surface area contributed by atoms with Gasteiger partial charge in [-0.1, -0.05) is 0 Å². The molecule has 1 aromatic rings. The van der Waals surface area contributed by atoms with Crippen molar-refractivity contribution < 1.29 is 27.9 Å². The third kappa shape index (κ3) is 1.66. The lowest BCUT2D eigenvalue weighted by atomic mass is 10.1. The molecule has 1 aromatic heterocycles. The highest BCUT2D eigenvalue weighted by molar-refractivity contribution is 5.90. The van der Waals surface area contributed by atoms with Gasteiger partial charge < -0.3 is 14.4 Å². The van der Waals surface area contributed by atoms with Crippen LogP contribution in [0.1, 0.15) is 34.5 Å². The van der Waals surface area contributed by atoms with E-state index in [4.69, 9.17) is 9.52 Å². The van der Waals surface area contributed by atoms with Crippen LogP contribution >= 0.6 is 0 Å². The minimum absolute atomic E-state index is 0.0432. The van der Waals surface area contributed by atoms with Gasteiger partial charge in [0, 0.05) is 17.9 Å². The summed E-state index contributed by atoms with van der Waals surface area (Å²) in [4.78, 5) is 24.8. The Morgan fingerprint density at radius 2 is 2.14 bits per heavy atom. The summed E-state index contributed by atoms with van der Waals surface area (Å²) in [5.74, 6) is -5.33. The normalized spacial score (nSPS) is 31.9. The van der Waals surface area contributed by atoms with Gasteiger partial charge in [-0.05, 0) is 12.3 Å². The highest BCUT2D eigenvalue weighted by Crippen LogP contribution is 2.65. The Balaban J connectivity index is 1.51. The van der Waals surface area contributed by atoms with E-state index in [1.54, 1.807) is 0 Å². The zero-order valence-corrected chi connectivity index (χ0v) is 11.0. The van der Waals surface area contributed by atoms with Crippen molar-refractivity contribution in [1.82, 2.24) is 4.90 Å². The Labute approximate surface area is 118 Å². The number of fused-ring (bicyclic) bond motifs is 2. The van der Waals surface area contributed by atoms with Gasteiger partial charge >= 0.3 is 5.97 Å². The maximum Gasteiger partial charge on any atom is 0.339 e. The van der Waals surface area contributed by atoms with Gasteiger partial charge in [0.15, 0.2) is 0 Å². The van der Waals surface area contributed by atoms with Crippen LogP contribution in [0.3, 0.4) is 0 Å². The first-order chi connectivity index (χ1) is 9.90. The van der Waals surface area contributed by atoms with Gasteiger partial charge in [0.25, 0.3) is 5.92 Å². The molecule has 1 aliphatic heterocycles. The van der Waals surface area contributed by atoms with E-state index in [9.17, 15) is 18.4 Å². The first-order valence-corrected chi connectivity index (χ1v) is 6.89. The number of carboxylic acids is 1. The fraction of sp³-hybridized carbons (Fsp3) is 0.571. The van der Waals surface area contributed by atoms with E-state index < -0.39 is 23.7 Å². The summed E-state index contributed by atoms with van der Waals surface area (Å²) in [5, 5.41) is 9.02. The molecule has 112 valence electrons. The van der Waals surface area contributed by atoms with Gasteiger partial charge in [0.1, 0.15) is 17.6 Å². The number of nitrogens with zero attached hydrogens (tertiary/aromatic N) is 1. The number of alkyl halides is 2. The van der Waals surface area contributed by atoms with E-state index in [0.717, 1.165) is 6.26 Å². The third-order valence-corrected chi connectivity index (χ3v) is 4.96. The highest BCUT2D eigenvalue weighted by Gasteiger charge is 2.70. The van der Waals surface area contributed by atoms with Crippen LogP contribution in [-0.2, 0) is 17.9 Å². The molecule has 5 nitrogen and oxygen atoms in total. The summed E-state index contributed by atoms with van der Waals surface area (Å²) < 4.78 is 32.3. The molecule has 2 aliphatic carbocycles. The Morgan fingerprint density at radius 3 is 2.76 bits per heavy atom. The number of carboxylic acid groups (broad SMARTS) is 1. The molecule has 1 amide bonds. The molecular formula is C14H13F2NO4. The molecule has 0 unspecified atom stereocenters. The Hall–Kier alpha value is -1.92. The zero-order chi connectivity index (χ0) is 14.9. The number of furan rings is 1. The summed E-state index contributed by atoms with van der Waals surface area (Å²) in [6.45, 7) is 0.302. The van der Waals surface area contributed by atoms with Crippen molar-refractivity contribution in [2.75, 3.05) is 0 Å². The van der Waals surface area contributed by atoms with Gasteiger partial charge in [-0.15, -0.1) is 0 Å². The molecule has 0 spiro atoms. The maximum absolute atomic E-state index is 13.6. The van der Waals surface area contributed by atoms with Gasteiger partial charge in [-0.2, -0.15) is 0 Å². The van der Waals surface area contributed by atoms with E-state index >= 15 is 0 Å². The largest absolute Gasteiger partial charge is 0.478 e. The molecular weight excluding hydrogens is 284 g/mol. The van der Waals surface area contributed by atoms with Crippen molar-refractivity contribution in [2.45, 2.75) is 31.9 Å². The SMILES string of the molecule is O=C(O)c1coc2c1CN(C(=O)[C@@H]1[C@@H]3CCC(F)(F)[C@@H]31)C2. The third-order valence-electron chi connectivity index (χ3n) is 4.96. The molecule has 4 rings (SSSR count). The zero-order valence-electron chi connectivity index (χ0n) is 11.0. The lowest BCUT2D eigenvalue weighted by Crippen LogP contribution is -2.31. The van der Waals surface area contributed by atoms with Gasteiger partial charge in [-0.25, -0.2) is 13.6 Å². The van der Waals surface area contributed by atoms with Gasteiger partial charge in [0.05, 0.1) is 19.0 Å². The maximum atomic E-state index is 13.6. The van der Waals surface area contributed by atoms with Crippen LogP contribution < -0.4 is 0 Å². The molecule has 1 N–H and O–H groups in total. The van der Waals surface area contributed by atoms with Crippen LogP contribution in [0.25, 0.3) is 0 Å². The number of carbonyl (C=O) groups excluding carboxylic acids is 1. The van der Waals surface area contributed by atoms with E-state index in [1.165, 1.54) is 4.90 Å². The quantitative estimate of drug-likeness (QED) is 0.907. The number of amides is 1. The Bertz CT molecular complexity index is 653. The summed E-state index contributed by atoms with van der Waals surface area (Å²) in [6, 6.07) is 0. The van der Waals surface area contributed by atoms with Crippen LogP contribution in [-0.4, -0.2) is 27.8 Å². The molecule has 3 atom stereocenters. The van der Waals surface area contributed by atoms with Gasteiger partial charge in [0.2, 0.25) is 5.91 Å². The molecule has 2 fully saturated rings. The molecule has 0 saturated heterocycles. The Morgan fingerprint density at radius 1 is 1.38 bits per heavy atom. The van der Waals surface area contributed by atoms with Crippen LogP contribution in [0, 0.1) is 17.8 Å². The minimum atomic E-state index is -2.73. The second-order valence-electron chi connectivity index (χ2n) is 6.07. The minimum Gasteiger partial charge on any atom is -0.478 e. The number of rotatable bonds is 2. The number of hydrogen-bond donors (Lipinski definition) is 1. The lowest BCUT2D eigenvalue weighted by molar-refractivity contribution is -0.136. The van der Waals surface area contributed by atoms with E-state index in [0.29, 0.717) is 17.7 Å². The smallest absolute Gasteiger partial charge is 0.339 e. The fourth-order valence-corrected chi connectivity index (χ4v) is 3.87. The van der Waals surface area contributed by atoms with Crippen molar-refractivity contribution in [3.8, 4) is 0 Å². The highest BCUT2D eigenvalue weighted by atomic mass is 19.3. The predicted molar refractivity (Wildman–Crippen MR) is 64.6 cm³/mol. The summed E-state index contributed by atoms with van der Waals surface area (Å²) in [6.07, 6.45) is 1.43. The molecule has 2 saturated carbocycles. The standard InChI is InChI=1S/C14H13F2NO4/c15-14(16)2-1-6-10(11(6)14)12(18)17-3-7-8(13(19)20)5-21-9(7)4-17/h5-6,10-11H,1-4H2,(H,19,20)/t6-,10+,11-/m0/s1.